The maximum Gasteiger partial charge on any atom is 0.305 e. The summed E-state index contributed by atoms with van der Waals surface area (Å²) >= 11 is 14.3. The molecule has 1 saturated carbocycles. The monoisotopic (exact) mass is 626 g/mol. The number of aliphatic carboxylic acids is 1. The molecule has 0 radical (unpaired) electrons. The number of aromatic hydroxyl groups is 1. The summed E-state index contributed by atoms with van der Waals surface area (Å²) in [4.78, 5) is 63.1. The number of alkyl halides is 2. The fourth-order valence-electron chi connectivity index (χ4n) is 7.18. The molecule has 6 atom stereocenters. The quantitative estimate of drug-likeness (QED) is 0.270. The van der Waals surface area contributed by atoms with Crippen molar-refractivity contribution < 1.29 is 38.9 Å². The molecule has 10 nitrogen and oxygen atoms in total. The molecule has 6 rings (SSSR count). The molecule has 0 aromatic heterocycles. The number of carbonyl (C=O) groups is 5. The number of hydrogen-bond donors (Lipinski definition) is 2. The van der Waals surface area contributed by atoms with Gasteiger partial charge in [-0.3, -0.25) is 33.8 Å². The number of rotatable bonds is 7. The van der Waals surface area contributed by atoms with Gasteiger partial charge in [0.25, 0.3) is 11.8 Å². The molecule has 2 heterocycles. The minimum absolute atomic E-state index is 0.139. The van der Waals surface area contributed by atoms with Crippen LogP contribution in [0.2, 0.25) is 0 Å². The van der Waals surface area contributed by atoms with Crippen molar-refractivity contribution in [2.45, 2.75) is 41.5 Å². The predicted molar refractivity (Wildman–Crippen MR) is 153 cm³/mol. The number of allylic oxidation sites excluding steroid dienone is 2. The first-order valence-electron chi connectivity index (χ1n) is 13.9. The highest BCUT2D eigenvalue weighted by molar-refractivity contribution is 6.53. The fourth-order valence-corrected chi connectivity index (χ4v) is 8.19. The van der Waals surface area contributed by atoms with E-state index in [1.165, 1.54) is 13.1 Å². The van der Waals surface area contributed by atoms with Crippen LogP contribution < -0.4 is 4.74 Å². The van der Waals surface area contributed by atoms with Gasteiger partial charge in [0.05, 0.1) is 18.3 Å². The number of carboxylic acids is 1. The Kier molecular flexibility index (Phi) is 7.05. The molecule has 4 amide bonds. The number of hydrogen-bond acceptors (Lipinski definition) is 7. The van der Waals surface area contributed by atoms with Crippen LogP contribution in [0, 0.1) is 17.8 Å². The van der Waals surface area contributed by atoms with Crippen LogP contribution in [0.1, 0.15) is 36.3 Å². The van der Waals surface area contributed by atoms with Gasteiger partial charge in [-0.05, 0) is 30.4 Å². The average molecular weight is 627 g/mol. The van der Waals surface area contributed by atoms with Gasteiger partial charge in [-0.2, -0.15) is 0 Å². The lowest BCUT2D eigenvalue weighted by molar-refractivity contribution is -0.143. The van der Waals surface area contributed by atoms with Gasteiger partial charge in [-0.25, -0.2) is 0 Å². The zero-order valence-corrected chi connectivity index (χ0v) is 24.5. The van der Waals surface area contributed by atoms with E-state index < -0.39 is 69.4 Å². The smallest absolute Gasteiger partial charge is 0.305 e. The van der Waals surface area contributed by atoms with Crippen LogP contribution in [-0.4, -0.2) is 73.0 Å². The first-order chi connectivity index (χ1) is 20.4. The summed E-state index contributed by atoms with van der Waals surface area (Å²) in [5, 5.41) is 20.4. The van der Waals surface area contributed by atoms with Gasteiger partial charge in [0.1, 0.15) is 18.1 Å². The van der Waals surface area contributed by atoms with Crippen molar-refractivity contribution in [3.8, 4) is 11.5 Å². The molecule has 2 N–H and O–H groups in total. The van der Waals surface area contributed by atoms with Crippen molar-refractivity contribution in [1.82, 2.24) is 9.80 Å². The third-order valence-electron chi connectivity index (χ3n) is 9.22. The van der Waals surface area contributed by atoms with Crippen LogP contribution in [-0.2, 0) is 30.6 Å². The maximum absolute atomic E-state index is 13.7. The zero-order valence-electron chi connectivity index (χ0n) is 23.0. The van der Waals surface area contributed by atoms with Crippen molar-refractivity contribution in [3.63, 3.8) is 0 Å². The third-order valence-corrected chi connectivity index (χ3v) is 10.6. The molecular formula is C31H28Cl2N2O8. The lowest BCUT2D eigenvalue weighted by Gasteiger charge is -2.50. The number of carbonyl (C=O) groups excluding carboxylic acids is 4. The normalized spacial score (nSPS) is 31.5. The molecule has 43 heavy (non-hydrogen) atoms. The van der Waals surface area contributed by atoms with Crippen LogP contribution in [0.25, 0.3) is 0 Å². The number of phenolic OH excluding ortho intramolecular Hbond substituents is 1. The molecule has 2 aromatic rings. The molecule has 12 heteroatoms. The van der Waals surface area contributed by atoms with Gasteiger partial charge in [0, 0.05) is 31.1 Å². The van der Waals surface area contributed by atoms with Crippen molar-refractivity contribution in [1.29, 1.82) is 0 Å². The average Bonchev–Trinajstić information content (AvgIpc) is 3.30. The van der Waals surface area contributed by atoms with Crippen molar-refractivity contribution >= 4 is 52.8 Å². The van der Waals surface area contributed by atoms with Gasteiger partial charge in [0.2, 0.25) is 11.8 Å². The molecule has 3 fully saturated rings. The summed E-state index contributed by atoms with van der Waals surface area (Å²) in [6, 6.07) is 14.0. The maximum atomic E-state index is 13.7. The number of fused-ring (bicyclic) bond motifs is 4. The fraction of sp³-hybridized carbons (Fsp3) is 0.387. The first-order valence-corrected chi connectivity index (χ1v) is 14.6. The lowest BCUT2D eigenvalue weighted by atomic mass is 9.56. The molecule has 4 aliphatic rings. The van der Waals surface area contributed by atoms with Gasteiger partial charge >= 0.3 is 5.97 Å². The van der Waals surface area contributed by atoms with E-state index in [0.717, 1.165) is 15.4 Å². The Labute approximate surface area is 256 Å². The molecule has 2 aliphatic heterocycles. The first kappa shape index (κ1) is 29.2. The Balaban J connectivity index is 1.41. The summed E-state index contributed by atoms with van der Waals surface area (Å²) in [7, 11) is 1.29. The Morgan fingerprint density at radius 2 is 1.74 bits per heavy atom. The van der Waals surface area contributed by atoms with Gasteiger partial charge in [-0.1, -0.05) is 48.0 Å². The van der Waals surface area contributed by atoms with E-state index in [1.807, 2.05) is 30.3 Å². The number of imide groups is 2. The second-order valence-corrected chi connectivity index (χ2v) is 12.7. The highest BCUT2D eigenvalue weighted by Crippen LogP contribution is 2.66. The minimum Gasteiger partial charge on any atom is -0.508 e. The van der Waals surface area contributed by atoms with E-state index in [0.29, 0.717) is 11.3 Å². The number of ether oxygens (including phenoxy) is 1. The van der Waals surface area contributed by atoms with Gasteiger partial charge in [-0.15, -0.1) is 23.2 Å². The second-order valence-electron chi connectivity index (χ2n) is 11.5. The van der Waals surface area contributed by atoms with Crippen LogP contribution in [0.15, 0.2) is 60.2 Å². The Morgan fingerprint density at radius 3 is 2.42 bits per heavy atom. The van der Waals surface area contributed by atoms with Crippen molar-refractivity contribution in [2.24, 2.45) is 17.8 Å². The number of likely N-dealkylation sites (tertiary alicyclic amines) is 2. The number of halogens is 2. The second kappa shape index (κ2) is 10.4. The van der Waals surface area contributed by atoms with Gasteiger partial charge < -0.3 is 14.9 Å². The number of phenols is 1. The Hall–Kier alpha value is -3.89. The topological polar surface area (TPSA) is 142 Å². The predicted octanol–water partition coefficient (Wildman–Crippen LogP) is 3.43. The van der Waals surface area contributed by atoms with E-state index in [2.05, 4.69) is 0 Å². The van der Waals surface area contributed by atoms with E-state index >= 15 is 0 Å². The molecule has 0 unspecified atom stereocenters. The lowest BCUT2D eigenvalue weighted by Crippen LogP contribution is -2.60. The van der Waals surface area contributed by atoms with Crippen LogP contribution in [0.3, 0.4) is 0 Å². The van der Waals surface area contributed by atoms with E-state index in [-0.39, 0.29) is 37.3 Å². The number of amides is 4. The largest absolute Gasteiger partial charge is 0.508 e. The van der Waals surface area contributed by atoms with E-state index in [1.54, 1.807) is 18.2 Å². The van der Waals surface area contributed by atoms with Crippen LogP contribution >= 0.6 is 23.2 Å². The third kappa shape index (κ3) is 4.25. The SMILES string of the molecule is CN1C(=O)[C@]2(Cl)C[C@@H]3C(=CC[C@@H]4C(=O)N(CCC(=O)O)C(=O)[C@@H]43)[C@H](c3ccc(OCc4ccccc4)cc3O)[C@]2(Cl)C1=O. The van der Waals surface area contributed by atoms with Crippen LogP contribution in [0.5, 0.6) is 11.5 Å². The number of benzene rings is 2. The Bertz CT molecular complexity index is 1600. The summed E-state index contributed by atoms with van der Waals surface area (Å²) in [5.74, 6) is -7.13. The summed E-state index contributed by atoms with van der Waals surface area (Å²) < 4.78 is 5.85. The van der Waals surface area contributed by atoms with E-state index in [4.69, 9.17) is 33.0 Å². The molecular weight excluding hydrogens is 599 g/mol. The van der Waals surface area contributed by atoms with Crippen LogP contribution in [0.4, 0.5) is 0 Å². The summed E-state index contributed by atoms with van der Waals surface area (Å²) in [6.45, 7) is -0.0295. The standard InChI is InChI=1S/C31H28Cl2N2O8/c1-34-28(41)30(32)14-21-18(9-10-20-24(21)27(40)35(26(20)39)12-11-23(37)38)25(31(30,33)29(34)42)19-8-7-17(13-22(19)36)43-15-16-5-3-2-4-6-16/h2-9,13,20-21,24-25,36H,10-12,14-15H2,1H3,(H,37,38)/t20-,21+,24-,25+,30+,31-/m0/s1. The molecule has 2 aromatic carbocycles. The Morgan fingerprint density at radius 1 is 1.02 bits per heavy atom. The van der Waals surface area contributed by atoms with Gasteiger partial charge in [0.15, 0.2) is 9.75 Å². The molecule has 0 spiro atoms. The highest BCUT2D eigenvalue weighted by Gasteiger charge is 2.76. The minimum atomic E-state index is -2.03. The number of carboxylic acid groups (broad SMARTS) is 1. The molecule has 2 aliphatic carbocycles. The molecule has 224 valence electrons. The summed E-state index contributed by atoms with van der Waals surface area (Å²) in [6.07, 6.45) is 1.29. The zero-order chi connectivity index (χ0) is 30.8. The van der Waals surface area contributed by atoms with Crippen molar-refractivity contribution in [2.75, 3.05) is 13.6 Å². The highest BCUT2D eigenvalue weighted by atomic mass is 35.5. The molecule has 2 saturated heterocycles. The summed E-state index contributed by atoms with van der Waals surface area (Å²) in [5.41, 5.74) is 1.66. The van der Waals surface area contributed by atoms with Crippen molar-refractivity contribution in [3.05, 3.63) is 71.3 Å². The molecule has 0 bridgehead atoms. The number of nitrogens with zero attached hydrogens (tertiary/aromatic N) is 2. The van der Waals surface area contributed by atoms with E-state index in [9.17, 15) is 29.1 Å².